The van der Waals surface area contributed by atoms with E-state index >= 15 is 0 Å². The Morgan fingerprint density at radius 2 is 1.56 bits per heavy atom. The number of unbranched alkanes of at least 4 members (excludes halogenated alkanes) is 1. The number of benzene rings is 3. The van der Waals surface area contributed by atoms with Gasteiger partial charge in [0.1, 0.15) is 23.9 Å². The Kier molecular flexibility index (Phi) is 7.01. The molecule has 0 saturated carbocycles. The van der Waals surface area contributed by atoms with E-state index in [2.05, 4.69) is 35.8 Å². The summed E-state index contributed by atoms with van der Waals surface area (Å²) in [7, 11) is 0. The van der Waals surface area contributed by atoms with Crippen LogP contribution in [0.4, 0.5) is 0 Å². The van der Waals surface area contributed by atoms with Crippen molar-refractivity contribution in [1.82, 2.24) is 9.55 Å². The topological polar surface area (TPSA) is 36.3 Å². The molecule has 3 aromatic carbocycles. The molecule has 4 rings (SSSR count). The molecule has 0 unspecified atom stereocenters. The van der Waals surface area contributed by atoms with Crippen LogP contribution in [0, 0.1) is 20.8 Å². The van der Waals surface area contributed by atoms with E-state index in [9.17, 15) is 0 Å². The van der Waals surface area contributed by atoms with Gasteiger partial charge in [0, 0.05) is 11.6 Å². The second kappa shape index (κ2) is 10.1. The summed E-state index contributed by atoms with van der Waals surface area (Å²) in [5.74, 6) is 2.72. The van der Waals surface area contributed by atoms with Crippen LogP contribution in [0.2, 0.25) is 5.02 Å². The van der Waals surface area contributed by atoms with Crippen LogP contribution in [-0.2, 0) is 13.2 Å². The molecule has 0 aliphatic heterocycles. The molecule has 0 N–H and O–H groups in total. The van der Waals surface area contributed by atoms with Crippen molar-refractivity contribution in [1.29, 1.82) is 0 Å². The molecule has 5 heteroatoms. The SMILES string of the molecule is Cc1ccccc1OCc1nc2ccccc2n1CCCCOc1cc(C)c(Cl)c(C)c1. The maximum Gasteiger partial charge on any atom is 0.147 e. The highest BCUT2D eigenvalue weighted by Crippen LogP contribution is 2.26. The number of para-hydroxylation sites is 3. The van der Waals surface area contributed by atoms with E-state index in [4.69, 9.17) is 26.1 Å². The third-order valence-electron chi connectivity index (χ3n) is 5.64. The van der Waals surface area contributed by atoms with Crippen molar-refractivity contribution in [3.63, 3.8) is 0 Å². The van der Waals surface area contributed by atoms with Gasteiger partial charge in [-0.3, -0.25) is 0 Å². The second-order valence-electron chi connectivity index (χ2n) is 8.15. The number of halogens is 1. The average Bonchev–Trinajstić information content (AvgIpc) is 3.14. The number of aryl methyl sites for hydroxylation is 4. The van der Waals surface area contributed by atoms with Crippen molar-refractivity contribution in [2.75, 3.05) is 6.61 Å². The molecule has 4 aromatic rings. The number of hydrogen-bond donors (Lipinski definition) is 0. The number of ether oxygens (including phenoxy) is 2. The van der Waals surface area contributed by atoms with Crippen LogP contribution < -0.4 is 9.47 Å². The molecule has 0 atom stereocenters. The Hall–Kier alpha value is -2.98. The highest BCUT2D eigenvalue weighted by molar-refractivity contribution is 6.32. The minimum absolute atomic E-state index is 0.444. The van der Waals surface area contributed by atoms with E-state index in [1.165, 1.54) is 0 Å². The molecular formula is C27H29ClN2O2. The van der Waals surface area contributed by atoms with E-state index in [-0.39, 0.29) is 0 Å². The number of aromatic nitrogens is 2. The molecule has 0 spiro atoms. The fraction of sp³-hybridized carbons (Fsp3) is 0.296. The molecule has 32 heavy (non-hydrogen) atoms. The predicted octanol–water partition coefficient (Wildman–Crippen LogP) is 7.05. The molecule has 0 fully saturated rings. The Morgan fingerprint density at radius 3 is 2.34 bits per heavy atom. The summed E-state index contributed by atoms with van der Waals surface area (Å²) in [6.45, 7) is 8.05. The maximum absolute atomic E-state index is 6.25. The van der Waals surface area contributed by atoms with Gasteiger partial charge in [0.15, 0.2) is 0 Å². The van der Waals surface area contributed by atoms with Gasteiger partial charge in [-0.15, -0.1) is 0 Å². The first-order valence-electron chi connectivity index (χ1n) is 11.0. The van der Waals surface area contributed by atoms with Crippen LogP contribution in [0.5, 0.6) is 11.5 Å². The summed E-state index contributed by atoms with van der Waals surface area (Å²) >= 11 is 6.25. The van der Waals surface area contributed by atoms with Gasteiger partial charge in [-0.25, -0.2) is 4.98 Å². The average molecular weight is 449 g/mol. The monoisotopic (exact) mass is 448 g/mol. The first kappa shape index (κ1) is 22.2. The number of fused-ring (bicyclic) bond motifs is 1. The van der Waals surface area contributed by atoms with E-state index in [1.807, 2.05) is 50.2 Å². The zero-order chi connectivity index (χ0) is 22.5. The van der Waals surface area contributed by atoms with Gasteiger partial charge in [-0.05, 0) is 80.6 Å². The quantitative estimate of drug-likeness (QED) is 0.257. The van der Waals surface area contributed by atoms with Crippen molar-refractivity contribution in [3.8, 4) is 11.5 Å². The molecule has 0 aliphatic rings. The van der Waals surface area contributed by atoms with Crippen LogP contribution in [0.25, 0.3) is 11.0 Å². The maximum atomic E-state index is 6.25. The first-order valence-corrected chi connectivity index (χ1v) is 11.4. The van der Waals surface area contributed by atoms with Crippen LogP contribution in [0.15, 0.2) is 60.7 Å². The smallest absolute Gasteiger partial charge is 0.147 e. The molecule has 0 saturated heterocycles. The van der Waals surface area contributed by atoms with Crippen LogP contribution in [0.1, 0.15) is 35.4 Å². The van der Waals surface area contributed by atoms with E-state index in [0.29, 0.717) is 13.2 Å². The van der Waals surface area contributed by atoms with Crippen LogP contribution in [-0.4, -0.2) is 16.2 Å². The molecule has 166 valence electrons. The fourth-order valence-corrected chi connectivity index (χ4v) is 4.01. The molecule has 1 heterocycles. The van der Waals surface area contributed by atoms with E-state index in [1.54, 1.807) is 0 Å². The number of hydrogen-bond acceptors (Lipinski definition) is 3. The zero-order valence-electron chi connectivity index (χ0n) is 18.9. The molecule has 0 aliphatic carbocycles. The highest BCUT2D eigenvalue weighted by Gasteiger charge is 2.12. The summed E-state index contributed by atoms with van der Waals surface area (Å²) < 4.78 is 14.3. The Labute approximate surface area is 194 Å². The largest absolute Gasteiger partial charge is 0.494 e. The summed E-state index contributed by atoms with van der Waals surface area (Å²) in [6, 6.07) is 20.3. The number of rotatable bonds is 9. The lowest BCUT2D eigenvalue weighted by Crippen LogP contribution is -2.09. The molecular weight excluding hydrogens is 420 g/mol. The fourth-order valence-electron chi connectivity index (χ4n) is 3.90. The Balaban J connectivity index is 1.39. The summed E-state index contributed by atoms with van der Waals surface area (Å²) in [5.41, 5.74) is 5.36. The van der Waals surface area contributed by atoms with Crippen molar-refractivity contribution in [2.45, 2.75) is 46.8 Å². The van der Waals surface area contributed by atoms with Crippen molar-refractivity contribution in [2.24, 2.45) is 0 Å². The van der Waals surface area contributed by atoms with Gasteiger partial charge in [-0.1, -0.05) is 41.9 Å². The number of imidazole rings is 1. The van der Waals surface area contributed by atoms with Crippen molar-refractivity contribution in [3.05, 3.63) is 88.2 Å². The normalized spacial score (nSPS) is 11.1. The second-order valence-corrected chi connectivity index (χ2v) is 8.53. The van der Waals surface area contributed by atoms with E-state index in [0.717, 1.165) is 69.5 Å². The summed E-state index contributed by atoms with van der Waals surface area (Å²) in [4.78, 5) is 4.83. The highest BCUT2D eigenvalue weighted by atomic mass is 35.5. The molecule has 1 aromatic heterocycles. The predicted molar refractivity (Wildman–Crippen MR) is 131 cm³/mol. The number of nitrogens with zero attached hydrogens (tertiary/aromatic N) is 2. The molecule has 0 bridgehead atoms. The van der Waals surface area contributed by atoms with Crippen LogP contribution in [0.3, 0.4) is 0 Å². The van der Waals surface area contributed by atoms with Crippen molar-refractivity contribution >= 4 is 22.6 Å². The van der Waals surface area contributed by atoms with Gasteiger partial charge in [0.2, 0.25) is 0 Å². The lowest BCUT2D eigenvalue weighted by atomic mass is 10.1. The lowest BCUT2D eigenvalue weighted by Gasteiger charge is -2.13. The van der Waals surface area contributed by atoms with Gasteiger partial charge >= 0.3 is 0 Å². The standard InChI is InChI=1S/C27H29ClN2O2/c1-19-10-4-7-13-25(19)32-18-26-29-23-11-5-6-12-24(23)30(26)14-8-9-15-31-22-16-20(2)27(28)21(3)17-22/h4-7,10-13,16-17H,8-9,14-15,18H2,1-3H3. The van der Waals surface area contributed by atoms with Crippen molar-refractivity contribution < 1.29 is 9.47 Å². The van der Waals surface area contributed by atoms with Gasteiger partial charge < -0.3 is 14.0 Å². The van der Waals surface area contributed by atoms with Gasteiger partial charge in [-0.2, -0.15) is 0 Å². The molecule has 0 radical (unpaired) electrons. The summed E-state index contributed by atoms with van der Waals surface area (Å²) in [5, 5.41) is 0.810. The summed E-state index contributed by atoms with van der Waals surface area (Å²) in [6.07, 6.45) is 1.94. The van der Waals surface area contributed by atoms with Crippen LogP contribution >= 0.6 is 11.6 Å². The third kappa shape index (κ3) is 5.08. The Bertz CT molecular complexity index is 1190. The Morgan fingerprint density at radius 1 is 0.844 bits per heavy atom. The lowest BCUT2D eigenvalue weighted by molar-refractivity contribution is 0.283. The molecule has 0 amide bonds. The third-order valence-corrected chi connectivity index (χ3v) is 6.23. The first-order chi connectivity index (χ1) is 15.5. The van der Waals surface area contributed by atoms with E-state index < -0.39 is 0 Å². The van der Waals surface area contributed by atoms with Gasteiger partial charge in [0.05, 0.1) is 17.6 Å². The zero-order valence-corrected chi connectivity index (χ0v) is 19.7. The minimum Gasteiger partial charge on any atom is -0.494 e. The molecule has 4 nitrogen and oxygen atoms in total. The minimum atomic E-state index is 0.444. The van der Waals surface area contributed by atoms with Gasteiger partial charge in [0.25, 0.3) is 0 Å².